The van der Waals surface area contributed by atoms with Crippen LogP contribution in [-0.4, -0.2) is 57.8 Å². The highest BCUT2D eigenvalue weighted by atomic mass is 32.1. The minimum atomic E-state index is 0.0265. The molecule has 0 spiro atoms. The van der Waals surface area contributed by atoms with Crippen molar-refractivity contribution in [3.05, 3.63) is 94.4 Å². The highest BCUT2D eigenvalue weighted by molar-refractivity contribution is 7.12. The monoisotopic (exact) mass is 484 g/mol. The Hall–Kier alpha value is -3.58. The second-order valence-electron chi connectivity index (χ2n) is 9.04. The van der Waals surface area contributed by atoms with Crippen LogP contribution in [0.25, 0.3) is 11.0 Å². The molecule has 2 amide bonds. The summed E-state index contributed by atoms with van der Waals surface area (Å²) in [7, 11) is 1.92. The molecule has 35 heavy (non-hydrogen) atoms. The predicted octanol–water partition coefficient (Wildman–Crippen LogP) is 4.93. The first-order valence-electron chi connectivity index (χ1n) is 11.9. The van der Waals surface area contributed by atoms with Crippen molar-refractivity contribution in [1.29, 1.82) is 0 Å². The van der Waals surface area contributed by atoms with E-state index < -0.39 is 0 Å². The van der Waals surface area contributed by atoms with Crippen molar-refractivity contribution in [3.8, 4) is 0 Å². The molecule has 5 rings (SSSR count). The summed E-state index contributed by atoms with van der Waals surface area (Å²) in [6.07, 6.45) is 5.82. The van der Waals surface area contributed by atoms with E-state index in [1.807, 2.05) is 70.8 Å². The highest BCUT2D eigenvalue weighted by Crippen LogP contribution is 2.29. The number of likely N-dealkylation sites (tertiary alicyclic amines) is 1. The zero-order valence-electron chi connectivity index (χ0n) is 19.7. The fourth-order valence-electron chi connectivity index (χ4n) is 4.97. The van der Waals surface area contributed by atoms with Gasteiger partial charge in [0.05, 0.1) is 15.9 Å². The number of nitrogens with zero attached hydrogens (tertiary/aromatic N) is 4. The van der Waals surface area contributed by atoms with Gasteiger partial charge in [-0.25, -0.2) is 0 Å². The van der Waals surface area contributed by atoms with E-state index in [1.165, 1.54) is 16.9 Å². The van der Waals surface area contributed by atoms with Gasteiger partial charge >= 0.3 is 0 Å². The molecule has 3 heterocycles. The van der Waals surface area contributed by atoms with E-state index in [0.29, 0.717) is 24.6 Å². The number of benzene rings is 2. The summed E-state index contributed by atoms with van der Waals surface area (Å²) >= 11 is 1.48. The Morgan fingerprint density at radius 3 is 2.46 bits per heavy atom. The fraction of sp³-hybridized carbons (Fsp3) is 0.286. The standard InChI is InChI=1S/C28H28N4O2S/c1-31(28(34)26-8-5-17-35-26)25(18-20-6-3-2-4-7-20)21-11-15-32(16-12-21)27(33)22-9-10-23-24(19-22)30-14-13-29-23/h2-10,13-14,17,19,21,25H,11-12,15-16,18H2,1H3/t25-/m0/s1. The highest BCUT2D eigenvalue weighted by Gasteiger charge is 2.33. The molecule has 1 atom stereocenters. The topological polar surface area (TPSA) is 66.4 Å². The van der Waals surface area contributed by atoms with E-state index in [4.69, 9.17) is 0 Å². The van der Waals surface area contributed by atoms with Gasteiger partial charge in [0, 0.05) is 44.1 Å². The van der Waals surface area contributed by atoms with E-state index in [9.17, 15) is 9.59 Å². The first-order chi connectivity index (χ1) is 17.1. The number of aromatic nitrogens is 2. The minimum Gasteiger partial charge on any atom is -0.339 e. The third-order valence-electron chi connectivity index (χ3n) is 6.92. The largest absolute Gasteiger partial charge is 0.339 e. The number of hydrogen-bond acceptors (Lipinski definition) is 5. The van der Waals surface area contributed by atoms with Crippen LogP contribution in [0.4, 0.5) is 0 Å². The average molecular weight is 485 g/mol. The first-order valence-corrected chi connectivity index (χ1v) is 12.8. The molecular formula is C28H28N4O2S. The van der Waals surface area contributed by atoms with Crippen LogP contribution in [0.5, 0.6) is 0 Å². The number of carbonyl (C=O) groups is 2. The first kappa shape index (κ1) is 23.2. The van der Waals surface area contributed by atoms with Gasteiger partial charge < -0.3 is 9.80 Å². The molecule has 1 saturated heterocycles. The van der Waals surface area contributed by atoms with Crippen LogP contribution in [-0.2, 0) is 6.42 Å². The molecule has 178 valence electrons. The van der Waals surface area contributed by atoms with Crippen molar-refractivity contribution in [2.24, 2.45) is 5.92 Å². The SMILES string of the molecule is CN(C(=O)c1cccs1)[C@@H](Cc1ccccc1)C1CCN(C(=O)c2ccc3nccnc3c2)CC1. The Balaban J connectivity index is 1.30. The Kier molecular flexibility index (Phi) is 6.86. The van der Waals surface area contributed by atoms with Crippen LogP contribution in [0.15, 0.2) is 78.4 Å². The van der Waals surface area contributed by atoms with Crippen molar-refractivity contribution >= 4 is 34.2 Å². The lowest BCUT2D eigenvalue weighted by Gasteiger charge is -2.40. The number of amides is 2. The summed E-state index contributed by atoms with van der Waals surface area (Å²) in [6, 6.07) is 19.7. The second kappa shape index (κ2) is 10.4. The molecule has 0 N–H and O–H groups in total. The summed E-state index contributed by atoms with van der Waals surface area (Å²) in [4.78, 5) is 39.7. The van der Waals surface area contributed by atoms with Gasteiger partial charge in [0.1, 0.15) is 0 Å². The van der Waals surface area contributed by atoms with E-state index in [1.54, 1.807) is 12.4 Å². The molecular weight excluding hydrogens is 456 g/mol. The minimum absolute atomic E-state index is 0.0265. The Morgan fingerprint density at radius 2 is 1.74 bits per heavy atom. The molecule has 1 aliphatic heterocycles. The molecule has 4 aromatic rings. The van der Waals surface area contributed by atoms with Crippen LogP contribution < -0.4 is 0 Å². The Labute approximate surface area is 209 Å². The van der Waals surface area contributed by atoms with Crippen LogP contribution in [0, 0.1) is 5.92 Å². The third kappa shape index (κ3) is 5.10. The maximum atomic E-state index is 13.2. The summed E-state index contributed by atoms with van der Waals surface area (Å²) in [6.45, 7) is 1.35. The van der Waals surface area contributed by atoms with Crippen LogP contribution >= 0.6 is 11.3 Å². The van der Waals surface area contributed by atoms with Gasteiger partial charge in [-0.05, 0) is 60.4 Å². The van der Waals surface area contributed by atoms with E-state index in [-0.39, 0.29) is 17.9 Å². The molecule has 0 bridgehead atoms. The lowest BCUT2D eigenvalue weighted by molar-refractivity contribution is 0.0525. The van der Waals surface area contributed by atoms with Crippen LogP contribution in [0.3, 0.4) is 0 Å². The summed E-state index contributed by atoms with van der Waals surface area (Å²) in [5.41, 5.74) is 3.37. The number of fused-ring (bicyclic) bond motifs is 1. The van der Waals surface area contributed by atoms with E-state index >= 15 is 0 Å². The smallest absolute Gasteiger partial charge is 0.263 e. The van der Waals surface area contributed by atoms with Gasteiger partial charge in [0.15, 0.2) is 0 Å². The molecule has 0 saturated carbocycles. The molecule has 7 heteroatoms. The van der Waals surface area contributed by atoms with Gasteiger partial charge in [-0.3, -0.25) is 19.6 Å². The molecule has 0 unspecified atom stereocenters. The van der Waals surface area contributed by atoms with Gasteiger partial charge in [0.25, 0.3) is 11.8 Å². The van der Waals surface area contributed by atoms with Crippen molar-refractivity contribution in [2.75, 3.05) is 20.1 Å². The average Bonchev–Trinajstić information content (AvgIpc) is 3.46. The summed E-state index contributed by atoms with van der Waals surface area (Å²) in [5.74, 6) is 0.408. The molecule has 2 aromatic carbocycles. The molecule has 1 fully saturated rings. The zero-order valence-corrected chi connectivity index (χ0v) is 20.5. The van der Waals surface area contributed by atoms with Crippen molar-refractivity contribution in [3.63, 3.8) is 0 Å². The molecule has 6 nitrogen and oxygen atoms in total. The van der Waals surface area contributed by atoms with E-state index in [0.717, 1.165) is 35.2 Å². The normalized spacial score (nSPS) is 15.2. The molecule has 0 radical (unpaired) electrons. The zero-order chi connectivity index (χ0) is 24.2. The lowest BCUT2D eigenvalue weighted by Crippen LogP contribution is -2.48. The summed E-state index contributed by atoms with van der Waals surface area (Å²) < 4.78 is 0. The number of hydrogen-bond donors (Lipinski definition) is 0. The number of piperidine rings is 1. The van der Waals surface area contributed by atoms with E-state index in [2.05, 4.69) is 22.1 Å². The van der Waals surface area contributed by atoms with Gasteiger partial charge in [-0.2, -0.15) is 0 Å². The van der Waals surface area contributed by atoms with Crippen molar-refractivity contribution < 1.29 is 9.59 Å². The maximum absolute atomic E-state index is 13.2. The fourth-order valence-corrected chi connectivity index (χ4v) is 5.67. The Morgan fingerprint density at radius 1 is 1.00 bits per heavy atom. The number of rotatable bonds is 6. The predicted molar refractivity (Wildman–Crippen MR) is 139 cm³/mol. The molecule has 0 aliphatic carbocycles. The number of likely N-dealkylation sites (N-methyl/N-ethyl adjacent to an activating group) is 1. The van der Waals surface area contributed by atoms with Crippen molar-refractivity contribution in [1.82, 2.24) is 19.8 Å². The summed E-state index contributed by atoms with van der Waals surface area (Å²) in [5, 5.41) is 1.94. The quantitative estimate of drug-likeness (QED) is 0.389. The third-order valence-corrected chi connectivity index (χ3v) is 7.78. The van der Waals surface area contributed by atoms with Gasteiger partial charge in [-0.1, -0.05) is 36.4 Å². The number of thiophene rings is 1. The van der Waals surface area contributed by atoms with Crippen LogP contribution in [0.2, 0.25) is 0 Å². The second-order valence-corrected chi connectivity index (χ2v) is 9.99. The van der Waals surface area contributed by atoms with Crippen LogP contribution in [0.1, 0.15) is 38.4 Å². The molecule has 2 aromatic heterocycles. The van der Waals surface area contributed by atoms with Gasteiger partial charge in [0.2, 0.25) is 0 Å². The molecule has 1 aliphatic rings. The number of carbonyl (C=O) groups excluding carboxylic acids is 2. The maximum Gasteiger partial charge on any atom is 0.263 e. The lowest BCUT2D eigenvalue weighted by atomic mass is 9.84. The van der Waals surface area contributed by atoms with Gasteiger partial charge in [-0.15, -0.1) is 11.3 Å². The Bertz CT molecular complexity index is 1300. The van der Waals surface area contributed by atoms with Crippen molar-refractivity contribution in [2.45, 2.75) is 25.3 Å².